The molecule has 18 heavy (non-hydrogen) atoms. The molecule has 0 bridgehead atoms. The first-order valence-corrected chi connectivity index (χ1v) is 7.99. The second kappa shape index (κ2) is 6.19. The number of sulfonamides is 1. The summed E-state index contributed by atoms with van der Waals surface area (Å²) in [6, 6.07) is 4.58. The van der Waals surface area contributed by atoms with Crippen molar-refractivity contribution in [1.29, 1.82) is 0 Å². The normalized spacial score (nSPS) is 11.8. The maximum Gasteiger partial charge on any atom is 0.243 e. The van der Waals surface area contributed by atoms with Gasteiger partial charge in [0.05, 0.1) is 9.92 Å². The summed E-state index contributed by atoms with van der Waals surface area (Å²) in [4.78, 5) is 0.224. The van der Waals surface area contributed by atoms with E-state index in [9.17, 15) is 8.42 Å². The van der Waals surface area contributed by atoms with Gasteiger partial charge in [-0.25, -0.2) is 8.42 Å². The van der Waals surface area contributed by atoms with E-state index in [1.165, 1.54) is 16.4 Å². The Morgan fingerprint density at radius 3 is 2.56 bits per heavy atom. The molecule has 1 aromatic rings. The lowest BCUT2D eigenvalue weighted by molar-refractivity contribution is 0.453. The minimum atomic E-state index is -3.50. The number of nitrogens with zero attached hydrogens (tertiary/aromatic N) is 1. The summed E-state index contributed by atoms with van der Waals surface area (Å²) in [6.45, 7) is 8.06. The quantitative estimate of drug-likeness (QED) is 0.758. The fourth-order valence-corrected chi connectivity index (χ4v) is 3.64. The Morgan fingerprint density at radius 2 is 2.11 bits per heavy atom. The van der Waals surface area contributed by atoms with Crippen molar-refractivity contribution in [3.8, 4) is 0 Å². The zero-order chi connectivity index (χ0) is 13.9. The van der Waals surface area contributed by atoms with E-state index in [1.807, 2.05) is 0 Å². The van der Waals surface area contributed by atoms with Crippen LogP contribution in [-0.2, 0) is 10.0 Å². The molecule has 0 aliphatic carbocycles. The van der Waals surface area contributed by atoms with Crippen molar-refractivity contribution >= 4 is 37.6 Å². The summed E-state index contributed by atoms with van der Waals surface area (Å²) in [5.74, 6) is 0. The van der Waals surface area contributed by atoms with Gasteiger partial charge in [0.2, 0.25) is 10.0 Å². The van der Waals surface area contributed by atoms with Gasteiger partial charge in [-0.2, -0.15) is 4.31 Å². The molecule has 100 valence electrons. The first-order valence-electron chi connectivity index (χ1n) is 5.38. The molecular formula is C12H15BrClNO2S. The van der Waals surface area contributed by atoms with Gasteiger partial charge < -0.3 is 0 Å². The van der Waals surface area contributed by atoms with Crippen LogP contribution in [0.4, 0.5) is 0 Å². The molecule has 0 N–H and O–H groups in total. The largest absolute Gasteiger partial charge is 0.243 e. The van der Waals surface area contributed by atoms with Crippen molar-refractivity contribution in [2.75, 3.05) is 13.1 Å². The first-order chi connectivity index (χ1) is 8.28. The fraction of sp³-hybridized carbons (Fsp3) is 0.333. The number of benzene rings is 1. The average Bonchev–Trinajstić information content (AvgIpc) is 2.28. The summed E-state index contributed by atoms with van der Waals surface area (Å²) < 4.78 is 26.7. The van der Waals surface area contributed by atoms with Crippen LogP contribution in [0.15, 0.2) is 39.7 Å². The van der Waals surface area contributed by atoms with Crippen LogP contribution in [0.5, 0.6) is 0 Å². The van der Waals surface area contributed by atoms with E-state index >= 15 is 0 Å². The maximum absolute atomic E-state index is 12.4. The van der Waals surface area contributed by atoms with Crippen LogP contribution >= 0.6 is 27.5 Å². The van der Waals surface area contributed by atoms with Crippen LogP contribution in [0.3, 0.4) is 0 Å². The average molecular weight is 353 g/mol. The fourth-order valence-electron chi connectivity index (χ4n) is 1.45. The smallest absolute Gasteiger partial charge is 0.207 e. The van der Waals surface area contributed by atoms with Gasteiger partial charge in [0.15, 0.2) is 0 Å². The van der Waals surface area contributed by atoms with Gasteiger partial charge in [-0.05, 0) is 41.1 Å². The predicted molar refractivity (Wildman–Crippen MR) is 78.4 cm³/mol. The van der Waals surface area contributed by atoms with Crippen LogP contribution in [0.2, 0.25) is 5.02 Å². The molecule has 0 saturated heterocycles. The van der Waals surface area contributed by atoms with Crippen molar-refractivity contribution in [3.05, 3.63) is 39.8 Å². The van der Waals surface area contributed by atoms with Gasteiger partial charge in [-0.15, -0.1) is 0 Å². The number of rotatable bonds is 5. The van der Waals surface area contributed by atoms with Crippen molar-refractivity contribution in [2.24, 2.45) is 0 Å². The van der Waals surface area contributed by atoms with E-state index in [0.29, 0.717) is 22.6 Å². The molecule has 0 radical (unpaired) electrons. The lowest BCUT2D eigenvalue weighted by atomic mass is 10.3. The molecule has 0 fully saturated rings. The molecule has 6 heteroatoms. The van der Waals surface area contributed by atoms with Crippen molar-refractivity contribution in [3.63, 3.8) is 0 Å². The van der Waals surface area contributed by atoms with Gasteiger partial charge in [-0.3, -0.25) is 0 Å². The van der Waals surface area contributed by atoms with Crippen LogP contribution in [-0.4, -0.2) is 25.8 Å². The van der Waals surface area contributed by atoms with E-state index in [-0.39, 0.29) is 4.90 Å². The molecule has 0 unspecified atom stereocenters. The van der Waals surface area contributed by atoms with E-state index in [0.717, 1.165) is 5.57 Å². The molecule has 1 rings (SSSR count). The number of likely N-dealkylation sites (N-methyl/N-ethyl adjacent to an activating group) is 1. The second-order valence-electron chi connectivity index (χ2n) is 3.96. The minimum absolute atomic E-state index is 0.224. The topological polar surface area (TPSA) is 37.4 Å². The van der Waals surface area contributed by atoms with E-state index in [4.69, 9.17) is 11.6 Å². The van der Waals surface area contributed by atoms with Gasteiger partial charge in [-0.1, -0.05) is 30.7 Å². The highest BCUT2D eigenvalue weighted by molar-refractivity contribution is 9.10. The van der Waals surface area contributed by atoms with Gasteiger partial charge >= 0.3 is 0 Å². The third-order valence-corrected chi connectivity index (χ3v) is 5.46. The van der Waals surface area contributed by atoms with E-state index in [2.05, 4.69) is 22.5 Å². The van der Waals surface area contributed by atoms with Crippen molar-refractivity contribution < 1.29 is 8.42 Å². The Balaban J connectivity index is 3.18. The lowest BCUT2D eigenvalue weighted by Crippen LogP contribution is -2.32. The summed E-state index contributed by atoms with van der Waals surface area (Å²) in [7, 11) is -3.50. The van der Waals surface area contributed by atoms with E-state index in [1.54, 1.807) is 19.9 Å². The van der Waals surface area contributed by atoms with Gasteiger partial charge in [0, 0.05) is 17.6 Å². The molecular weight excluding hydrogens is 338 g/mol. The third-order valence-electron chi connectivity index (χ3n) is 2.33. The maximum atomic E-state index is 12.4. The third kappa shape index (κ3) is 3.57. The van der Waals surface area contributed by atoms with Crippen LogP contribution in [0, 0.1) is 0 Å². The molecule has 1 aromatic carbocycles. The predicted octanol–water partition coefficient (Wildman–Crippen LogP) is 3.69. The first kappa shape index (κ1) is 15.7. The Morgan fingerprint density at radius 1 is 1.50 bits per heavy atom. The standard InChI is InChI=1S/C12H15BrClNO2S/c1-4-15(8-9(2)3)18(16,17)10-5-6-12(14)11(13)7-10/h5-7H,2,4,8H2,1,3H3. The number of halogens is 2. The second-order valence-corrected chi connectivity index (χ2v) is 7.16. The Bertz CT molecular complexity index is 557. The van der Waals surface area contributed by atoms with Crippen LogP contribution in [0.1, 0.15) is 13.8 Å². The summed E-state index contributed by atoms with van der Waals surface area (Å²) >= 11 is 9.09. The zero-order valence-electron chi connectivity index (χ0n) is 10.3. The molecule has 0 aromatic heterocycles. The lowest BCUT2D eigenvalue weighted by Gasteiger charge is -2.20. The highest BCUT2D eigenvalue weighted by atomic mass is 79.9. The minimum Gasteiger partial charge on any atom is -0.207 e. The monoisotopic (exact) mass is 351 g/mol. The highest BCUT2D eigenvalue weighted by Gasteiger charge is 2.23. The Hall–Kier alpha value is -0.360. The van der Waals surface area contributed by atoms with Gasteiger partial charge in [0.1, 0.15) is 0 Å². The number of hydrogen-bond donors (Lipinski definition) is 0. The molecule has 0 atom stereocenters. The number of hydrogen-bond acceptors (Lipinski definition) is 2. The Kier molecular flexibility index (Phi) is 5.40. The zero-order valence-corrected chi connectivity index (χ0v) is 13.4. The van der Waals surface area contributed by atoms with Crippen molar-refractivity contribution in [2.45, 2.75) is 18.7 Å². The van der Waals surface area contributed by atoms with Crippen molar-refractivity contribution in [1.82, 2.24) is 4.31 Å². The SMILES string of the molecule is C=C(C)CN(CC)S(=O)(=O)c1ccc(Cl)c(Br)c1. The molecule has 0 amide bonds. The molecule has 0 heterocycles. The summed E-state index contributed by atoms with van der Waals surface area (Å²) in [5.41, 5.74) is 0.799. The summed E-state index contributed by atoms with van der Waals surface area (Å²) in [5, 5.41) is 0.483. The molecule has 0 aliphatic rings. The molecule has 0 aliphatic heterocycles. The highest BCUT2D eigenvalue weighted by Crippen LogP contribution is 2.27. The van der Waals surface area contributed by atoms with Crippen LogP contribution < -0.4 is 0 Å². The molecule has 3 nitrogen and oxygen atoms in total. The Labute approximate surface area is 122 Å². The van der Waals surface area contributed by atoms with Crippen LogP contribution in [0.25, 0.3) is 0 Å². The molecule has 0 saturated carbocycles. The van der Waals surface area contributed by atoms with Gasteiger partial charge in [0.25, 0.3) is 0 Å². The summed E-state index contributed by atoms with van der Waals surface area (Å²) in [6.07, 6.45) is 0. The van der Waals surface area contributed by atoms with E-state index < -0.39 is 10.0 Å². The molecule has 0 spiro atoms.